The fourth-order valence-corrected chi connectivity index (χ4v) is 3.41. The van der Waals surface area contributed by atoms with Gasteiger partial charge in [0.05, 0.1) is 12.3 Å². The summed E-state index contributed by atoms with van der Waals surface area (Å²) in [6, 6.07) is 12.3. The molecule has 2 aromatic rings. The van der Waals surface area contributed by atoms with E-state index < -0.39 is 15.7 Å². The monoisotopic (exact) mass is 519 g/mol. The molecule has 0 heterocycles. The Morgan fingerprint density at radius 3 is 2.36 bits per heavy atom. The lowest BCUT2D eigenvalue weighted by atomic mass is 10.1. The molecule has 0 saturated heterocycles. The second kappa shape index (κ2) is 11.4. The maximum atomic E-state index is 13.6. The highest BCUT2D eigenvalue weighted by Gasteiger charge is 2.11. The summed E-state index contributed by atoms with van der Waals surface area (Å²) in [7, 11) is -3.21. The minimum Gasteiger partial charge on any atom is -0.357 e. The van der Waals surface area contributed by atoms with Gasteiger partial charge < -0.3 is 10.6 Å². The topological polar surface area (TPSA) is 70.6 Å². The summed E-state index contributed by atoms with van der Waals surface area (Å²) >= 11 is 0. The van der Waals surface area contributed by atoms with E-state index in [4.69, 9.17) is 0 Å². The molecule has 0 aromatic heterocycles. The number of hydrogen-bond donors (Lipinski definition) is 2. The van der Waals surface area contributed by atoms with Crippen molar-refractivity contribution in [1.29, 1.82) is 0 Å². The van der Waals surface area contributed by atoms with Gasteiger partial charge in [0.25, 0.3) is 0 Å². The Bertz CT molecular complexity index is 900. The molecular formula is C20H27FIN3O2S. The zero-order chi connectivity index (χ0) is 19.9. The molecule has 0 fully saturated rings. The average Bonchev–Trinajstić information content (AvgIpc) is 2.59. The van der Waals surface area contributed by atoms with Crippen LogP contribution in [0.5, 0.6) is 0 Å². The van der Waals surface area contributed by atoms with Crippen molar-refractivity contribution < 1.29 is 12.8 Å². The van der Waals surface area contributed by atoms with E-state index in [1.54, 1.807) is 0 Å². The fraction of sp³-hybridized carbons (Fsp3) is 0.350. The van der Waals surface area contributed by atoms with Crippen molar-refractivity contribution in [2.45, 2.75) is 32.7 Å². The number of guanidine groups is 1. The Balaban J connectivity index is 0.00000392. The number of nitrogens with one attached hydrogen (secondary N) is 2. The Hall–Kier alpha value is -1.68. The van der Waals surface area contributed by atoms with Crippen molar-refractivity contribution in [1.82, 2.24) is 10.6 Å². The Labute approximate surface area is 183 Å². The third-order valence-corrected chi connectivity index (χ3v) is 4.75. The minimum atomic E-state index is -3.21. The molecule has 8 heteroatoms. The first-order valence-electron chi connectivity index (χ1n) is 8.79. The SMILES string of the molecule is CCNC(=NCc1ccc(C)cc1)NCc1cc(F)ccc1CS(C)(=O)=O.I. The number of rotatable bonds is 7. The Morgan fingerprint density at radius 1 is 1.07 bits per heavy atom. The highest BCUT2D eigenvalue weighted by Crippen LogP contribution is 2.14. The second-order valence-corrected chi connectivity index (χ2v) is 8.66. The van der Waals surface area contributed by atoms with E-state index in [0.29, 0.717) is 30.2 Å². The zero-order valence-electron chi connectivity index (χ0n) is 16.3. The smallest absolute Gasteiger partial charge is 0.191 e. The summed E-state index contributed by atoms with van der Waals surface area (Å²) < 4.78 is 36.9. The molecule has 0 radical (unpaired) electrons. The van der Waals surface area contributed by atoms with E-state index in [2.05, 4.69) is 15.6 Å². The Morgan fingerprint density at radius 2 is 1.75 bits per heavy atom. The summed E-state index contributed by atoms with van der Waals surface area (Å²) in [6.07, 6.45) is 1.17. The molecule has 0 aliphatic heterocycles. The first-order valence-corrected chi connectivity index (χ1v) is 10.9. The van der Waals surface area contributed by atoms with Crippen molar-refractivity contribution in [2.24, 2.45) is 4.99 Å². The number of nitrogens with zero attached hydrogens (tertiary/aromatic N) is 1. The molecule has 2 rings (SSSR count). The zero-order valence-corrected chi connectivity index (χ0v) is 19.5. The van der Waals surface area contributed by atoms with Crippen LogP contribution in [0, 0.1) is 12.7 Å². The van der Waals surface area contributed by atoms with Crippen LogP contribution in [0.4, 0.5) is 4.39 Å². The van der Waals surface area contributed by atoms with Crippen LogP contribution in [-0.4, -0.2) is 27.2 Å². The molecule has 154 valence electrons. The minimum absolute atomic E-state index is 0. The van der Waals surface area contributed by atoms with Crippen LogP contribution in [0.15, 0.2) is 47.5 Å². The normalized spacial score (nSPS) is 11.6. The summed E-state index contributed by atoms with van der Waals surface area (Å²) in [5, 5.41) is 6.29. The lowest BCUT2D eigenvalue weighted by Crippen LogP contribution is -2.37. The van der Waals surface area contributed by atoms with E-state index >= 15 is 0 Å². The van der Waals surface area contributed by atoms with Gasteiger partial charge in [0.15, 0.2) is 15.8 Å². The van der Waals surface area contributed by atoms with Gasteiger partial charge in [-0.2, -0.15) is 0 Å². The molecule has 2 aromatic carbocycles. The molecule has 0 bridgehead atoms. The van der Waals surface area contributed by atoms with Crippen LogP contribution in [0.1, 0.15) is 29.2 Å². The highest BCUT2D eigenvalue weighted by molar-refractivity contribution is 14.0. The van der Waals surface area contributed by atoms with E-state index in [-0.39, 0.29) is 36.3 Å². The van der Waals surface area contributed by atoms with Crippen molar-refractivity contribution in [3.63, 3.8) is 0 Å². The van der Waals surface area contributed by atoms with Gasteiger partial charge in [-0.25, -0.2) is 17.8 Å². The van der Waals surface area contributed by atoms with Gasteiger partial charge in [-0.15, -0.1) is 24.0 Å². The first-order chi connectivity index (χ1) is 12.8. The average molecular weight is 519 g/mol. The lowest BCUT2D eigenvalue weighted by molar-refractivity contribution is 0.599. The van der Waals surface area contributed by atoms with Crippen LogP contribution in [0.2, 0.25) is 0 Å². The molecule has 5 nitrogen and oxygen atoms in total. The van der Waals surface area contributed by atoms with Crippen LogP contribution in [-0.2, 0) is 28.7 Å². The van der Waals surface area contributed by atoms with Crippen LogP contribution < -0.4 is 10.6 Å². The lowest BCUT2D eigenvalue weighted by Gasteiger charge is -2.14. The van der Waals surface area contributed by atoms with E-state index in [9.17, 15) is 12.8 Å². The fourth-order valence-electron chi connectivity index (χ4n) is 2.57. The van der Waals surface area contributed by atoms with E-state index in [1.807, 2.05) is 38.1 Å². The third kappa shape index (κ3) is 8.55. The maximum Gasteiger partial charge on any atom is 0.191 e. The summed E-state index contributed by atoms with van der Waals surface area (Å²) in [4.78, 5) is 4.54. The number of aliphatic imine (C=N–C) groups is 1. The van der Waals surface area contributed by atoms with Gasteiger partial charge in [0.1, 0.15) is 5.82 Å². The third-order valence-electron chi connectivity index (χ3n) is 3.92. The molecule has 0 atom stereocenters. The molecule has 0 unspecified atom stereocenters. The molecule has 0 saturated carbocycles. The molecule has 0 aliphatic rings. The second-order valence-electron chi connectivity index (χ2n) is 6.52. The van der Waals surface area contributed by atoms with Crippen molar-refractivity contribution in [3.05, 3.63) is 70.5 Å². The molecule has 0 spiro atoms. The largest absolute Gasteiger partial charge is 0.357 e. The summed E-state index contributed by atoms with van der Waals surface area (Å²) in [5.41, 5.74) is 3.46. The number of hydrogen-bond acceptors (Lipinski definition) is 3. The molecule has 0 aliphatic carbocycles. The van der Waals surface area contributed by atoms with Crippen LogP contribution in [0.3, 0.4) is 0 Å². The quantitative estimate of drug-likeness (QED) is 0.334. The molecule has 28 heavy (non-hydrogen) atoms. The van der Waals surface area contributed by atoms with E-state index in [1.165, 1.54) is 30.0 Å². The first kappa shape index (κ1) is 24.4. The number of halogens is 2. The van der Waals surface area contributed by atoms with Crippen molar-refractivity contribution in [2.75, 3.05) is 12.8 Å². The number of aryl methyl sites for hydroxylation is 1. The molecular weight excluding hydrogens is 492 g/mol. The van der Waals surface area contributed by atoms with Gasteiger partial charge in [-0.05, 0) is 42.7 Å². The van der Waals surface area contributed by atoms with Gasteiger partial charge >= 0.3 is 0 Å². The predicted octanol–water partition coefficient (Wildman–Crippen LogP) is 3.55. The Kier molecular flexibility index (Phi) is 9.88. The molecule has 2 N–H and O–H groups in total. The van der Waals surface area contributed by atoms with Gasteiger partial charge in [0, 0.05) is 19.3 Å². The van der Waals surface area contributed by atoms with Crippen molar-refractivity contribution in [3.8, 4) is 0 Å². The van der Waals surface area contributed by atoms with Crippen molar-refractivity contribution >= 4 is 39.8 Å². The number of sulfone groups is 1. The number of benzene rings is 2. The summed E-state index contributed by atoms with van der Waals surface area (Å²) in [6.45, 7) is 5.46. The highest BCUT2D eigenvalue weighted by atomic mass is 127. The van der Waals surface area contributed by atoms with Gasteiger partial charge in [-0.3, -0.25) is 0 Å². The van der Waals surface area contributed by atoms with Gasteiger partial charge in [-0.1, -0.05) is 35.9 Å². The standard InChI is InChI=1S/C20H26FN3O2S.HI/c1-4-22-20(23-12-16-7-5-15(2)6-8-16)24-13-18-11-19(21)10-9-17(18)14-27(3,25)26;/h5-11H,4,12-14H2,1-3H3,(H2,22,23,24);1H. The maximum absolute atomic E-state index is 13.6. The predicted molar refractivity (Wildman–Crippen MR) is 123 cm³/mol. The van der Waals surface area contributed by atoms with E-state index in [0.717, 1.165) is 5.56 Å². The molecule has 0 amide bonds. The van der Waals surface area contributed by atoms with Crippen LogP contribution >= 0.6 is 24.0 Å². The summed E-state index contributed by atoms with van der Waals surface area (Å²) in [5.74, 6) is 0.0692. The van der Waals surface area contributed by atoms with Gasteiger partial charge in [0.2, 0.25) is 0 Å². The van der Waals surface area contributed by atoms with Crippen LogP contribution in [0.25, 0.3) is 0 Å².